The fraction of sp³-hybridized carbons (Fsp3) is 0.562. The van der Waals surface area contributed by atoms with Crippen LogP contribution in [0.2, 0.25) is 0 Å². The maximum Gasteiger partial charge on any atom is 0.192 e. The zero-order valence-electron chi connectivity index (χ0n) is 13.2. The Labute approximate surface area is 139 Å². The van der Waals surface area contributed by atoms with Gasteiger partial charge in [-0.05, 0) is 43.7 Å². The van der Waals surface area contributed by atoms with Gasteiger partial charge in [0.1, 0.15) is 0 Å². The van der Waals surface area contributed by atoms with E-state index < -0.39 is 0 Å². The van der Waals surface area contributed by atoms with Crippen molar-refractivity contribution in [2.45, 2.75) is 49.9 Å². The first-order valence-corrected chi connectivity index (χ1v) is 9.39. The van der Waals surface area contributed by atoms with Gasteiger partial charge in [0.2, 0.25) is 0 Å². The minimum atomic E-state index is -0.113. The van der Waals surface area contributed by atoms with Crippen molar-refractivity contribution < 1.29 is 0 Å². The van der Waals surface area contributed by atoms with Gasteiger partial charge in [-0.3, -0.25) is 0 Å². The van der Waals surface area contributed by atoms with Gasteiger partial charge in [0, 0.05) is 11.9 Å². The Bertz CT molecular complexity index is 710. The number of rotatable bonds is 4. The van der Waals surface area contributed by atoms with Gasteiger partial charge in [0.15, 0.2) is 11.0 Å². The van der Waals surface area contributed by atoms with Crippen LogP contribution in [-0.2, 0) is 19.9 Å². The molecule has 0 amide bonds. The molecule has 0 radical (unpaired) electrons. The molecule has 0 aromatic carbocycles. The number of hydrogen-bond acceptors (Lipinski definition) is 5. The quantitative estimate of drug-likeness (QED) is 0.792. The van der Waals surface area contributed by atoms with E-state index in [-0.39, 0.29) is 5.25 Å². The number of nitrogens with zero attached hydrogens (tertiary/aromatic N) is 4. The van der Waals surface area contributed by atoms with Crippen molar-refractivity contribution in [3.05, 3.63) is 16.5 Å². The van der Waals surface area contributed by atoms with Crippen LogP contribution in [-0.4, -0.2) is 20.0 Å². The molecular weight excluding hydrogens is 312 g/mol. The second-order valence-corrected chi connectivity index (χ2v) is 8.28. The monoisotopic (exact) mass is 332 g/mol. The maximum atomic E-state index is 8.94. The van der Waals surface area contributed by atoms with Crippen LogP contribution >= 0.6 is 23.1 Å². The first-order chi connectivity index (χ1) is 10.6. The number of aryl methyl sites for hydroxylation is 1. The Kier molecular flexibility index (Phi) is 4.55. The predicted octanol–water partition coefficient (Wildman–Crippen LogP) is 4.06. The predicted molar refractivity (Wildman–Crippen MR) is 91.1 cm³/mol. The summed E-state index contributed by atoms with van der Waals surface area (Å²) in [6.45, 7) is 4.17. The van der Waals surface area contributed by atoms with Crippen molar-refractivity contribution in [1.29, 1.82) is 5.26 Å². The number of thiophene rings is 1. The zero-order chi connectivity index (χ0) is 15.7. The molecule has 2 aromatic rings. The van der Waals surface area contributed by atoms with Crippen LogP contribution in [0.3, 0.4) is 0 Å². The summed E-state index contributed by atoms with van der Waals surface area (Å²) in [5.41, 5.74) is 1.50. The van der Waals surface area contributed by atoms with E-state index in [1.807, 2.05) is 29.9 Å². The molecule has 0 saturated heterocycles. The molecule has 0 aliphatic heterocycles. The van der Waals surface area contributed by atoms with Crippen LogP contribution in [0.1, 0.15) is 37.1 Å². The average Bonchev–Trinajstić information content (AvgIpc) is 3.10. The molecule has 6 heteroatoms. The summed E-state index contributed by atoms with van der Waals surface area (Å²) in [5, 5.41) is 18.2. The molecule has 3 rings (SSSR count). The Hall–Kier alpha value is -1.32. The molecule has 0 saturated carbocycles. The highest BCUT2D eigenvalue weighted by Crippen LogP contribution is 2.38. The summed E-state index contributed by atoms with van der Waals surface area (Å²) in [6.07, 6.45) is 4.97. The molecule has 2 atom stereocenters. The van der Waals surface area contributed by atoms with Gasteiger partial charge in [-0.15, -0.1) is 21.5 Å². The van der Waals surface area contributed by atoms with E-state index in [1.54, 1.807) is 0 Å². The second-order valence-electron chi connectivity index (χ2n) is 5.83. The lowest BCUT2D eigenvalue weighted by atomic mass is 9.87. The molecule has 0 unspecified atom stereocenters. The van der Waals surface area contributed by atoms with Gasteiger partial charge in [0.25, 0.3) is 0 Å². The van der Waals surface area contributed by atoms with Gasteiger partial charge in [0.05, 0.1) is 16.2 Å². The lowest BCUT2D eigenvalue weighted by molar-refractivity contribution is 0.449. The van der Waals surface area contributed by atoms with Gasteiger partial charge < -0.3 is 4.57 Å². The standard InChI is InChI=1S/C16H20N4S2/c1-4-11-5-6-13-12(7-11)8-14(22-13)15-18-19-16(20(15)3)21-10(2)9-17/h8,10-11H,4-7H2,1-3H3/t10-,11+/m1/s1. The fourth-order valence-corrected chi connectivity index (χ4v) is 4.80. The van der Waals surface area contributed by atoms with Crippen LogP contribution in [0.4, 0.5) is 0 Å². The minimum absolute atomic E-state index is 0.113. The molecule has 4 nitrogen and oxygen atoms in total. The molecule has 116 valence electrons. The third kappa shape index (κ3) is 2.92. The van der Waals surface area contributed by atoms with Gasteiger partial charge in [-0.1, -0.05) is 25.1 Å². The Morgan fingerprint density at radius 3 is 3.09 bits per heavy atom. The van der Waals surface area contributed by atoms with E-state index in [4.69, 9.17) is 5.26 Å². The number of nitriles is 1. The average molecular weight is 332 g/mol. The lowest BCUT2D eigenvalue weighted by Gasteiger charge is -2.19. The highest BCUT2D eigenvalue weighted by molar-refractivity contribution is 8.00. The number of hydrogen-bond donors (Lipinski definition) is 0. The van der Waals surface area contributed by atoms with Gasteiger partial charge in [-0.2, -0.15) is 5.26 Å². The smallest absolute Gasteiger partial charge is 0.192 e. The zero-order valence-corrected chi connectivity index (χ0v) is 14.8. The molecular formula is C16H20N4S2. The van der Waals surface area contributed by atoms with Crippen molar-refractivity contribution in [2.24, 2.45) is 13.0 Å². The highest BCUT2D eigenvalue weighted by Gasteiger charge is 2.22. The van der Waals surface area contributed by atoms with Crippen molar-refractivity contribution in [1.82, 2.24) is 14.8 Å². The molecule has 2 aromatic heterocycles. The van der Waals surface area contributed by atoms with Crippen LogP contribution in [0.15, 0.2) is 11.2 Å². The minimum Gasteiger partial charge on any atom is -0.304 e. The molecule has 22 heavy (non-hydrogen) atoms. The Morgan fingerprint density at radius 2 is 2.36 bits per heavy atom. The van der Waals surface area contributed by atoms with Gasteiger partial charge >= 0.3 is 0 Å². The third-order valence-corrected chi connectivity index (χ3v) is 6.54. The maximum absolute atomic E-state index is 8.94. The van der Waals surface area contributed by atoms with E-state index in [9.17, 15) is 0 Å². The van der Waals surface area contributed by atoms with E-state index in [1.165, 1.54) is 52.8 Å². The Morgan fingerprint density at radius 1 is 1.55 bits per heavy atom. The lowest BCUT2D eigenvalue weighted by Crippen LogP contribution is -2.10. The highest BCUT2D eigenvalue weighted by atomic mass is 32.2. The first kappa shape index (κ1) is 15.6. The van der Waals surface area contributed by atoms with Crippen molar-refractivity contribution in [3.8, 4) is 16.8 Å². The normalized spacial score (nSPS) is 18.7. The first-order valence-electron chi connectivity index (χ1n) is 7.70. The third-order valence-electron chi connectivity index (χ3n) is 4.28. The molecule has 1 aliphatic rings. The number of thioether (sulfide) groups is 1. The molecule has 0 bridgehead atoms. The number of fused-ring (bicyclic) bond motifs is 1. The van der Waals surface area contributed by atoms with Crippen molar-refractivity contribution in [2.75, 3.05) is 0 Å². The molecule has 0 fully saturated rings. The number of aromatic nitrogens is 3. The van der Waals surface area contributed by atoms with E-state index in [0.29, 0.717) is 0 Å². The summed E-state index contributed by atoms with van der Waals surface area (Å²) in [6, 6.07) is 4.52. The summed E-state index contributed by atoms with van der Waals surface area (Å²) >= 11 is 3.31. The largest absolute Gasteiger partial charge is 0.304 e. The summed E-state index contributed by atoms with van der Waals surface area (Å²) in [7, 11) is 1.98. The van der Waals surface area contributed by atoms with E-state index >= 15 is 0 Å². The fourth-order valence-electron chi connectivity index (χ4n) is 2.87. The van der Waals surface area contributed by atoms with Crippen LogP contribution < -0.4 is 0 Å². The molecule has 0 spiro atoms. The molecule has 0 N–H and O–H groups in total. The van der Waals surface area contributed by atoms with Crippen LogP contribution in [0.5, 0.6) is 0 Å². The van der Waals surface area contributed by atoms with Crippen molar-refractivity contribution >= 4 is 23.1 Å². The SMILES string of the molecule is CC[C@H]1CCc2sc(-c3nnc(S[C@H](C)C#N)n3C)cc2C1. The molecule has 1 aliphatic carbocycles. The van der Waals surface area contributed by atoms with Crippen molar-refractivity contribution in [3.63, 3.8) is 0 Å². The van der Waals surface area contributed by atoms with Crippen LogP contribution in [0.25, 0.3) is 10.7 Å². The topological polar surface area (TPSA) is 54.5 Å². The summed E-state index contributed by atoms with van der Waals surface area (Å²) in [5.74, 6) is 1.75. The van der Waals surface area contributed by atoms with E-state index in [2.05, 4.69) is 29.3 Å². The summed E-state index contributed by atoms with van der Waals surface area (Å²) in [4.78, 5) is 2.72. The second kappa shape index (κ2) is 6.43. The van der Waals surface area contributed by atoms with E-state index in [0.717, 1.165) is 16.9 Å². The van der Waals surface area contributed by atoms with Crippen LogP contribution in [0, 0.1) is 17.2 Å². The van der Waals surface area contributed by atoms with Gasteiger partial charge in [-0.25, -0.2) is 0 Å². The molecule has 2 heterocycles. The summed E-state index contributed by atoms with van der Waals surface area (Å²) < 4.78 is 2.01. The Balaban J connectivity index is 1.87.